The summed E-state index contributed by atoms with van der Waals surface area (Å²) >= 11 is 0. The zero-order valence-corrected chi connectivity index (χ0v) is 33.3. The molecule has 0 heterocycles. The molecule has 0 aliphatic carbocycles. The van der Waals surface area contributed by atoms with Gasteiger partial charge in [-0.2, -0.15) is 13.2 Å². The number of carbonyl (C=O) groups excluding carboxylic acids is 1. The summed E-state index contributed by atoms with van der Waals surface area (Å²) in [7, 11) is -3.46. The normalized spacial score (nSPS) is 13.0. The number of rotatable bonds is 20. The Morgan fingerprint density at radius 1 is 0.678 bits per heavy atom. The first-order valence-corrected chi connectivity index (χ1v) is 21.1. The van der Waals surface area contributed by atoms with Crippen LogP contribution in [0.2, 0.25) is 0 Å². The number of nitrogens with one attached hydrogen (secondary N) is 1. The van der Waals surface area contributed by atoms with Crippen molar-refractivity contribution >= 4 is 13.5 Å². The number of halogens is 6. The Morgan fingerprint density at radius 3 is 1.83 bits per heavy atom. The molecular formula is C45H46F6NO6P. The van der Waals surface area contributed by atoms with E-state index >= 15 is 0 Å². The molecule has 5 aromatic rings. The van der Waals surface area contributed by atoms with Gasteiger partial charge in [-0.05, 0) is 84.2 Å². The predicted molar refractivity (Wildman–Crippen MR) is 213 cm³/mol. The first kappa shape index (κ1) is 44.8. The predicted octanol–water partition coefficient (Wildman–Crippen LogP) is 12.3. The largest absolute Gasteiger partial charge is 0.573 e. The van der Waals surface area contributed by atoms with Crippen molar-refractivity contribution in [2.24, 2.45) is 0 Å². The Balaban J connectivity index is 1.32. The second-order valence-corrected chi connectivity index (χ2v) is 16.7. The molecular weight excluding hydrogens is 795 g/mol. The van der Waals surface area contributed by atoms with E-state index in [1.807, 2.05) is 78.9 Å². The molecule has 1 unspecified atom stereocenters. The number of alkyl halides is 6. The molecule has 59 heavy (non-hydrogen) atoms. The van der Waals surface area contributed by atoms with Crippen molar-refractivity contribution in [2.75, 3.05) is 13.2 Å². The molecule has 0 aromatic heterocycles. The quantitative estimate of drug-likeness (QED) is 0.0477. The Morgan fingerprint density at radius 2 is 1.25 bits per heavy atom. The second kappa shape index (κ2) is 20.6. The fourth-order valence-corrected chi connectivity index (χ4v) is 8.76. The number of alkyl carbamates (subject to hydrolysis) is 1. The van der Waals surface area contributed by atoms with E-state index in [4.69, 9.17) is 14.0 Å². The highest BCUT2D eigenvalue weighted by Crippen LogP contribution is 2.54. The maximum Gasteiger partial charge on any atom is 0.573 e. The van der Waals surface area contributed by atoms with Crippen molar-refractivity contribution in [3.63, 3.8) is 0 Å². The molecule has 0 radical (unpaired) electrons. The molecule has 0 spiro atoms. The lowest BCUT2D eigenvalue weighted by Crippen LogP contribution is -2.52. The van der Waals surface area contributed by atoms with Gasteiger partial charge in [0.25, 0.3) is 0 Å². The van der Waals surface area contributed by atoms with E-state index in [0.29, 0.717) is 11.1 Å². The van der Waals surface area contributed by atoms with Crippen LogP contribution in [0.4, 0.5) is 31.1 Å². The molecule has 7 nitrogen and oxygen atoms in total. The number of hydrogen-bond donors (Lipinski definition) is 1. The van der Waals surface area contributed by atoms with Crippen LogP contribution in [0.1, 0.15) is 59.6 Å². The number of hydrogen-bond acceptors (Lipinski definition) is 6. The van der Waals surface area contributed by atoms with Crippen LogP contribution < -0.4 is 14.8 Å². The van der Waals surface area contributed by atoms with Gasteiger partial charge in [0.05, 0.1) is 36.6 Å². The third-order valence-electron chi connectivity index (χ3n) is 9.61. The molecule has 0 saturated heterocycles. The summed E-state index contributed by atoms with van der Waals surface area (Å²) in [6.45, 7) is 1.43. The van der Waals surface area contributed by atoms with Crippen LogP contribution in [0.25, 0.3) is 0 Å². The van der Waals surface area contributed by atoms with Gasteiger partial charge in [0.1, 0.15) is 18.1 Å². The molecule has 314 valence electrons. The number of ether oxygens (including phenoxy) is 3. The minimum Gasteiger partial charge on any atom is -0.493 e. The van der Waals surface area contributed by atoms with Crippen molar-refractivity contribution in [3.05, 3.63) is 167 Å². The zero-order valence-electron chi connectivity index (χ0n) is 32.4. The maximum atomic E-state index is 14.7. The summed E-state index contributed by atoms with van der Waals surface area (Å²) in [4.78, 5) is 13.4. The first-order chi connectivity index (χ1) is 28.1. The number of carbonyl (C=O) groups is 1. The third-order valence-corrected chi connectivity index (χ3v) is 11.9. The molecule has 0 aliphatic heterocycles. The van der Waals surface area contributed by atoms with Gasteiger partial charge in [0.2, 0.25) is 7.37 Å². The van der Waals surface area contributed by atoms with Crippen LogP contribution >= 0.6 is 7.37 Å². The summed E-state index contributed by atoms with van der Waals surface area (Å²) in [5, 5.41) is 2.92. The standard InChI is InChI=1S/C45H46F6NO6P/c1-2-43(52-42(53)56-30-36-14-6-3-7-15-36,33-57-59(54,31-37-16-8-4-9-17-37)32-38-18-10-5-11-19-38)26-25-35-23-24-41(40(29-35)44(46,47)48)55-27-13-21-34-20-12-22-39(28-34)58-45(49,50)51/h3-12,14-20,22-24,28-29H,2,13,21,25-27,30-33H2,1H3,(H,52,53). The second-order valence-electron chi connectivity index (χ2n) is 14.2. The molecule has 5 aromatic carbocycles. The van der Waals surface area contributed by atoms with Crippen LogP contribution in [-0.4, -0.2) is 31.2 Å². The minimum atomic E-state index is -4.85. The van der Waals surface area contributed by atoms with Gasteiger partial charge in [0, 0.05) is 0 Å². The van der Waals surface area contributed by atoms with Gasteiger partial charge in [0.15, 0.2) is 0 Å². The highest BCUT2D eigenvalue weighted by atomic mass is 31.2. The van der Waals surface area contributed by atoms with Crippen molar-refractivity contribution in [1.82, 2.24) is 5.32 Å². The lowest BCUT2D eigenvalue weighted by Gasteiger charge is -2.35. The molecule has 0 bridgehead atoms. The van der Waals surface area contributed by atoms with Gasteiger partial charge >= 0.3 is 18.6 Å². The summed E-state index contributed by atoms with van der Waals surface area (Å²) in [6.07, 6.45) is -9.26. The van der Waals surface area contributed by atoms with E-state index in [-0.39, 0.29) is 64.2 Å². The van der Waals surface area contributed by atoms with Gasteiger partial charge in [-0.3, -0.25) is 4.57 Å². The van der Waals surface area contributed by atoms with Gasteiger partial charge in [-0.1, -0.05) is 116 Å². The fourth-order valence-electron chi connectivity index (χ4n) is 6.45. The number of benzene rings is 5. The lowest BCUT2D eigenvalue weighted by molar-refractivity contribution is -0.274. The zero-order chi connectivity index (χ0) is 42.4. The van der Waals surface area contributed by atoms with Gasteiger partial charge in [-0.15, -0.1) is 13.2 Å². The Bertz CT molecular complexity index is 2070. The van der Waals surface area contributed by atoms with Gasteiger partial charge in [-0.25, -0.2) is 4.79 Å². The van der Waals surface area contributed by atoms with Crippen LogP contribution in [-0.2, 0) is 51.8 Å². The molecule has 0 aliphatic rings. The maximum absolute atomic E-state index is 14.7. The fraction of sp³-hybridized carbons (Fsp3) is 0.311. The van der Waals surface area contributed by atoms with Crippen LogP contribution in [0.5, 0.6) is 11.5 Å². The van der Waals surface area contributed by atoms with E-state index in [2.05, 4.69) is 10.1 Å². The Kier molecular flexibility index (Phi) is 15.7. The molecule has 14 heteroatoms. The van der Waals surface area contributed by atoms with E-state index in [9.17, 15) is 35.7 Å². The third kappa shape index (κ3) is 14.8. The average molecular weight is 842 g/mol. The summed E-state index contributed by atoms with van der Waals surface area (Å²) < 4.78 is 117. The van der Waals surface area contributed by atoms with Crippen molar-refractivity contribution < 1.29 is 54.4 Å². The lowest BCUT2D eigenvalue weighted by atomic mass is 9.89. The van der Waals surface area contributed by atoms with E-state index in [1.165, 1.54) is 24.3 Å². The molecule has 5 rings (SSSR count). The number of amides is 1. The Labute approximate surface area is 340 Å². The molecule has 1 amide bonds. The monoisotopic (exact) mass is 841 g/mol. The van der Waals surface area contributed by atoms with Crippen LogP contribution in [0, 0.1) is 0 Å². The SMILES string of the molecule is CCC(CCc1ccc(OCCCc2cccc(OC(F)(F)F)c2)c(C(F)(F)F)c1)(COP(=O)(Cc1ccccc1)Cc1ccccc1)NC(=O)OCc1ccccc1. The highest BCUT2D eigenvalue weighted by molar-refractivity contribution is 7.57. The first-order valence-electron chi connectivity index (χ1n) is 19.1. The van der Waals surface area contributed by atoms with E-state index in [0.717, 1.165) is 28.8 Å². The molecule has 0 fully saturated rings. The Hall–Kier alpha value is -5.26. The van der Waals surface area contributed by atoms with Gasteiger partial charge < -0.3 is 24.1 Å². The summed E-state index contributed by atoms with van der Waals surface area (Å²) in [5.74, 6) is -0.789. The highest BCUT2D eigenvalue weighted by Gasteiger charge is 2.37. The van der Waals surface area contributed by atoms with Crippen molar-refractivity contribution in [1.29, 1.82) is 0 Å². The smallest absolute Gasteiger partial charge is 0.493 e. The summed E-state index contributed by atoms with van der Waals surface area (Å²) in [6, 6.07) is 36.6. The average Bonchev–Trinajstić information content (AvgIpc) is 3.20. The van der Waals surface area contributed by atoms with Crippen LogP contribution in [0.15, 0.2) is 133 Å². The topological polar surface area (TPSA) is 83.1 Å². The molecule has 1 atom stereocenters. The summed E-state index contributed by atoms with van der Waals surface area (Å²) in [5.41, 5.74) is 0.959. The minimum absolute atomic E-state index is 0.0247. The van der Waals surface area contributed by atoms with E-state index in [1.54, 1.807) is 25.1 Å². The van der Waals surface area contributed by atoms with Crippen molar-refractivity contribution in [2.45, 2.75) is 76.0 Å². The molecule has 0 saturated carbocycles. The molecule has 1 N–H and O–H groups in total. The number of aryl methyl sites for hydroxylation is 2. The van der Waals surface area contributed by atoms with Crippen molar-refractivity contribution in [3.8, 4) is 11.5 Å². The van der Waals surface area contributed by atoms with E-state index < -0.39 is 48.6 Å². The van der Waals surface area contributed by atoms with Crippen LogP contribution in [0.3, 0.4) is 0 Å².